The molecule has 5 N–H and O–H groups in total. The van der Waals surface area contributed by atoms with Crippen molar-refractivity contribution >= 4 is 34.0 Å². The molecule has 0 heterocycles. The van der Waals surface area contributed by atoms with Gasteiger partial charge in [0.15, 0.2) is 6.10 Å². The van der Waals surface area contributed by atoms with E-state index in [-0.39, 0.29) is 18.8 Å². The lowest BCUT2D eigenvalue weighted by atomic mass is 9.98. The van der Waals surface area contributed by atoms with Crippen LogP contribution in [0.4, 0.5) is 0 Å². The van der Waals surface area contributed by atoms with Crippen LogP contribution in [0.2, 0.25) is 0 Å². The van der Waals surface area contributed by atoms with E-state index in [4.69, 9.17) is 4.74 Å². The molecule has 0 spiro atoms. The number of benzene rings is 1. The minimum Gasteiger partial charge on any atom is -0.479 e. The monoisotopic (exact) mass is 558 g/mol. The third kappa shape index (κ3) is 10.7. The van der Waals surface area contributed by atoms with Crippen molar-refractivity contribution < 1.29 is 42.5 Å². The fourth-order valence-electron chi connectivity index (χ4n) is 3.31. The first-order chi connectivity index (χ1) is 17.5. The molecule has 0 saturated heterocycles. The van der Waals surface area contributed by atoms with E-state index >= 15 is 0 Å². The number of aliphatic carboxylic acids is 1. The summed E-state index contributed by atoms with van der Waals surface area (Å²) in [5.74, 6) is -5.12. The molecule has 0 aliphatic heterocycles. The van der Waals surface area contributed by atoms with Crippen LogP contribution in [0, 0.1) is 5.92 Å². The summed E-state index contributed by atoms with van der Waals surface area (Å²) < 4.78 is 32.9. The maximum atomic E-state index is 13.1. The first-order valence-electron chi connectivity index (χ1n) is 12.0. The normalized spacial score (nSPS) is 15.0. The number of aliphatic hydroxyl groups excluding tert-OH is 1. The molecular formula is C24H38N4O9S. The van der Waals surface area contributed by atoms with Gasteiger partial charge in [-0.1, -0.05) is 44.2 Å². The van der Waals surface area contributed by atoms with Gasteiger partial charge in [-0.15, -0.1) is 0 Å². The molecule has 0 aliphatic carbocycles. The highest BCUT2D eigenvalue weighted by Gasteiger charge is 2.37. The van der Waals surface area contributed by atoms with E-state index in [0.717, 1.165) is 4.31 Å². The van der Waals surface area contributed by atoms with Gasteiger partial charge in [-0.3, -0.25) is 9.59 Å². The van der Waals surface area contributed by atoms with Crippen molar-refractivity contribution in [1.82, 2.24) is 19.7 Å². The molecule has 0 radical (unpaired) electrons. The summed E-state index contributed by atoms with van der Waals surface area (Å²) in [6.45, 7) is 6.68. The Morgan fingerprint density at radius 2 is 1.55 bits per heavy atom. The molecule has 1 aromatic rings. The number of amides is 2. The molecule has 13 nitrogen and oxygen atoms in total. The van der Waals surface area contributed by atoms with Crippen LogP contribution in [0.5, 0.6) is 0 Å². The van der Waals surface area contributed by atoms with Crippen LogP contribution in [0.25, 0.3) is 0 Å². The maximum absolute atomic E-state index is 13.1. The number of carboxylic acids is 1. The molecule has 1 rings (SSSR count). The van der Waals surface area contributed by atoms with Crippen LogP contribution >= 0.6 is 0 Å². The molecule has 0 saturated carbocycles. The van der Waals surface area contributed by atoms with E-state index in [0.29, 0.717) is 5.56 Å². The highest BCUT2D eigenvalue weighted by molar-refractivity contribution is 7.87. The van der Waals surface area contributed by atoms with Crippen LogP contribution in [0.15, 0.2) is 30.3 Å². The number of hydrogen-bond donors (Lipinski definition) is 5. The highest BCUT2D eigenvalue weighted by Crippen LogP contribution is 2.12. The fraction of sp³-hybridized carbons (Fsp3) is 0.583. The number of nitrogens with zero attached hydrogens (tertiary/aromatic N) is 1. The number of ether oxygens (including phenoxy) is 1. The Kier molecular flexibility index (Phi) is 12.8. The molecule has 0 unspecified atom stereocenters. The Labute approximate surface area is 223 Å². The Hall–Kier alpha value is -3.07. The number of carbonyl (C=O) groups excluding carboxylic acids is 3. The van der Waals surface area contributed by atoms with E-state index in [9.17, 15) is 37.8 Å². The summed E-state index contributed by atoms with van der Waals surface area (Å²) in [4.78, 5) is 50.1. The second-order valence-electron chi connectivity index (χ2n) is 9.60. The van der Waals surface area contributed by atoms with Crippen LogP contribution in [-0.4, -0.2) is 91.1 Å². The van der Waals surface area contributed by atoms with Gasteiger partial charge in [-0.05, 0) is 38.2 Å². The van der Waals surface area contributed by atoms with Crippen LogP contribution in [-0.2, 0) is 40.5 Å². The zero-order chi connectivity index (χ0) is 29.2. The van der Waals surface area contributed by atoms with E-state index in [2.05, 4.69) is 15.4 Å². The lowest BCUT2D eigenvalue weighted by molar-refractivity contribution is -0.159. The van der Waals surface area contributed by atoms with Crippen molar-refractivity contribution in [2.24, 2.45) is 5.92 Å². The Balaban J connectivity index is 3.18. The van der Waals surface area contributed by atoms with Gasteiger partial charge in [0.1, 0.15) is 6.04 Å². The Morgan fingerprint density at radius 3 is 2.03 bits per heavy atom. The summed E-state index contributed by atoms with van der Waals surface area (Å²) >= 11 is 0. The number of nitrogens with one attached hydrogen (secondary N) is 3. The zero-order valence-corrected chi connectivity index (χ0v) is 23.2. The summed E-state index contributed by atoms with van der Waals surface area (Å²) in [5.41, 5.74) is 0.578. The van der Waals surface area contributed by atoms with Crippen LogP contribution in [0.3, 0.4) is 0 Å². The Bertz CT molecular complexity index is 1060. The minimum atomic E-state index is -4.11. The quantitative estimate of drug-likeness (QED) is 0.138. The van der Waals surface area contributed by atoms with E-state index in [1.54, 1.807) is 58.0 Å². The van der Waals surface area contributed by atoms with Gasteiger partial charge in [0.25, 0.3) is 16.1 Å². The number of rotatable bonds is 15. The molecule has 1 aromatic carbocycles. The fourth-order valence-corrected chi connectivity index (χ4v) is 4.07. The molecule has 0 aliphatic rings. The molecule has 214 valence electrons. The van der Waals surface area contributed by atoms with Crippen molar-refractivity contribution in [1.29, 1.82) is 0 Å². The van der Waals surface area contributed by atoms with Gasteiger partial charge >= 0.3 is 11.9 Å². The average molecular weight is 559 g/mol. The van der Waals surface area contributed by atoms with E-state index in [1.165, 1.54) is 14.1 Å². The van der Waals surface area contributed by atoms with Crippen LogP contribution < -0.4 is 15.4 Å². The lowest BCUT2D eigenvalue weighted by Crippen LogP contribution is -2.60. The topological polar surface area (TPSA) is 191 Å². The Morgan fingerprint density at radius 1 is 0.974 bits per heavy atom. The van der Waals surface area contributed by atoms with Crippen LogP contribution in [0.1, 0.15) is 39.7 Å². The molecular weight excluding hydrogens is 520 g/mol. The largest absolute Gasteiger partial charge is 0.479 e. The van der Waals surface area contributed by atoms with Gasteiger partial charge in [-0.2, -0.15) is 17.4 Å². The third-order valence-electron chi connectivity index (χ3n) is 5.19. The molecule has 4 atom stereocenters. The molecule has 2 amide bonds. The number of carboxylic acid groups (broad SMARTS) is 1. The number of carbonyl (C=O) groups is 4. The summed E-state index contributed by atoms with van der Waals surface area (Å²) in [7, 11) is -1.62. The standard InChI is InChI=1S/C24H38N4O9S/c1-14(2)12-17(20(29)24(34)37-15(3)4)25-22(31)19(23(32)33)26-21(30)18(27-38(35,36)28(5)6)13-16-10-8-7-9-11-16/h7-11,14-15,17-20,27,29H,12-13H2,1-6H3,(H,25,31)(H,26,30)(H,32,33)/t17-,18-,19-,20+/m0/s1. The molecule has 0 aromatic heterocycles. The van der Waals surface area contributed by atoms with Crippen molar-refractivity contribution in [3.05, 3.63) is 35.9 Å². The smallest absolute Gasteiger partial charge is 0.337 e. The average Bonchev–Trinajstić information content (AvgIpc) is 2.80. The predicted octanol–water partition coefficient (Wildman–Crippen LogP) is -0.593. The number of hydrogen-bond acceptors (Lipinski definition) is 8. The summed E-state index contributed by atoms with van der Waals surface area (Å²) in [5, 5.41) is 24.5. The minimum absolute atomic E-state index is 0.0969. The van der Waals surface area contributed by atoms with Gasteiger partial charge in [0.2, 0.25) is 11.9 Å². The van der Waals surface area contributed by atoms with Crippen molar-refractivity contribution in [2.75, 3.05) is 14.1 Å². The van der Waals surface area contributed by atoms with Crippen molar-refractivity contribution in [2.45, 2.75) is 70.9 Å². The molecule has 0 fully saturated rings. The van der Waals surface area contributed by atoms with Crippen molar-refractivity contribution in [3.63, 3.8) is 0 Å². The summed E-state index contributed by atoms with van der Waals surface area (Å²) in [6, 6.07) is 3.59. The number of esters is 1. The molecule has 14 heteroatoms. The lowest BCUT2D eigenvalue weighted by Gasteiger charge is -2.27. The highest BCUT2D eigenvalue weighted by atomic mass is 32.2. The SMILES string of the molecule is CC(C)C[C@H](NC(=O)[C@H](NC(=O)[C@H](Cc1ccccc1)NS(=O)(=O)N(C)C)C(=O)O)[C@@H](O)C(=O)OC(C)C. The number of aliphatic hydroxyl groups is 1. The van der Waals surface area contributed by atoms with Gasteiger partial charge < -0.3 is 25.6 Å². The van der Waals surface area contributed by atoms with E-state index < -0.39 is 64.3 Å². The third-order valence-corrected chi connectivity index (χ3v) is 6.74. The van der Waals surface area contributed by atoms with Crippen molar-refractivity contribution in [3.8, 4) is 0 Å². The maximum Gasteiger partial charge on any atom is 0.337 e. The predicted molar refractivity (Wildman–Crippen MR) is 138 cm³/mol. The first kappa shape index (κ1) is 33.0. The van der Waals surface area contributed by atoms with E-state index in [1.807, 2.05) is 0 Å². The van der Waals surface area contributed by atoms with Gasteiger partial charge in [0.05, 0.1) is 12.1 Å². The van der Waals surface area contributed by atoms with Gasteiger partial charge in [0, 0.05) is 14.1 Å². The second-order valence-corrected chi connectivity index (χ2v) is 11.5. The summed E-state index contributed by atoms with van der Waals surface area (Å²) in [6.07, 6.45) is -2.36. The van der Waals surface area contributed by atoms with Gasteiger partial charge in [-0.25, -0.2) is 9.59 Å². The zero-order valence-electron chi connectivity index (χ0n) is 22.4. The first-order valence-corrected chi connectivity index (χ1v) is 13.4. The second kappa shape index (κ2) is 14.8. The molecule has 0 bridgehead atoms. The molecule has 38 heavy (non-hydrogen) atoms.